The minimum absolute atomic E-state index is 0.0799. The molecule has 0 atom stereocenters. The first-order valence-electron chi connectivity index (χ1n) is 9.74. The summed E-state index contributed by atoms with van der Waals surface area (Å²) in [4.78, 5) is 12.7. The van der Waals surface area contributed by atoms with E-state index in [1.807, 2.05) is 25.1 Å². The molecule has 0 aliphatic rings. The number of nitrogens with one attached hydrogen (secondary N) is 1. The first-order chi connectivity index (χ1) is 14.8. The van der Waals surface area contributed by atoms with Gasteiger partial charge in [0.05, 0.1) is 16.3 Å². The van der Waals surface area contributed by atoms with E-state index in [2.05, 4.69) is 5.32 Å². The van der Waals surface area contributed by atoms with Gasteiger partial charge in [-0.1, -0.05) is 60.2 Å². The smallest absolute Gasteiger partial charge is 0.244 e. The number of nitrogens with zero attached hydrogens (tertiary/aromatic N) is 1. The molecule has 0 aliphatic heterocycles. The molecule has 31 heavy (non-hydrogen) atoms. The largest absolute Gasteiger partial charge is 0.337 e. The van der Waals surface area contributed by atoms with E-state index in [4.69, 9.17) is 0 Å². The SMILES string of the molecule is Cc1cccc(CS(=O)(=O)c2cn(CC(=O)Nc3ccccc3F)c3ccccc23)c1. The van der Waals surface area contributed by atoms with Crippen LogP contribution in [0, 0.1) is 12.7 Å². The zero-order chi connectivity index (χ0) is 22.0. The highest BCUT2D eigenvalue weighted by atomic mass is 32.2. The number of fused-ring (bicyclic) bond motifs is 1. The highest BCUT2D eigenvalue weighted by Crippen LogP contribution is 2.28. The Morgan fingerprint density at radius 3 is 2.52 bits per heavy atom. The van der Waals surface area contributed by atoms with Crippen molar-refractivity contribution in [2.24, 2.45) is 0 Å². The van der Waals surface area contributed by atoms with Crippen LogP contribution in [0.15, 0.2) is 83.9 Å². The third-order valence-corrected chi connectivity index (χ3v) is 6.70. The average molecular weight is 437 g/mol. The summed E-state index contributed by atoms with van der Waals surface area (Å²) in [5, 5.41) is 3.08. The predicted octanol–water partition coefficient (Wildman–Crippen LogP) is 4.70. The molecule has 1 amide bonds. The highest BCUT2D eigenvalue weighted by Gasteiger charge is 2.22. The molecule has 0 unspecified atom stereocenters. The van der Waals surface area contributed by atoms with Gasteiger partial charge < -0.3 is 9.88 Å². The van der Waals surface area contributed by atoms with Crippen molar-refractivity contribution < 1.29 is 17.6 Å². The Morgan fingerprint density at radius 2 is 1.74 bits per heavy atom. The molecule has 1 heterocycles. The van der Waals surface area contributed by atoms with E-state index in [9.17, 15) is 17.6 Å². The lowest BCUT2D eigenvalue weighted by molar-refractivity contribution is -0.116. The molecular weight excluding hydrogens is 415 g/mol. The number of hydrogen-bond acceptors (Lipinski definition) is 3. The molecule has 1 aromatic heterocycles. The molecule has 0 bridgehead atoms. The van der Waals surface area contributed by atoms with Gasteiger partial charge in [-0.15, -0.1) is 0 Å². The minimum Gasteiger partial charge on any atom is -0.337 e. The monoisotopic (exact) mass is 436 g/mol. The normalized spacial score (nSPS) is 11.5. The molecule has 0 saturated heterocycles. The van der Waals surface area contributed by atoms with E-state index < -0.39 is 21.6 Å². The average Bonchev–Trinajstić information content (AvgIpc) is 3.09. The molecule has 5 nitrogen and oxygen atoms in total. The van der Waals surface area contributed by atoms with Crippen molar-refractivity contribution in [3.05, 3.63) is 95.9 Å². The number of aryl methyl sites for hydroxylation is 1. The number of halogens is 1. The first kappa shape index (κ1) is 20.8. The number of amides is 1. The summed E-state index contributed by atoms with van der Waals surface area (Å²) < 4.78 is 41.8. The van der Waals surface area contributed by atoms with Gasteiger partial charge in [-0.05, 0) is 30.7 Å². The third kappa shape index (κ3) is 4.51. The summed E-state index contributed by atoms with van der Waals surface area (Å²) in [5.41, 5.74) is 2.39. The third-order valence-electron chi connectivity index (χ3n) is 4.99. The number of rotatable bonds is 6. The summed E-state index contributed by atoms with van der Waals surface area (Å²) in [7, 11) is -3.65. The van der Waals surface area contributed by atoms with Crippen molar-refractivity contribution >= 4 is 32.3 Å². The van der Waals surface area contributed by atoms with Crippen LogP contribution in [0.2, 0.25) is 0 Å². The molecule has 7 heteroatoms. The molecule has 0 fully saturated rings. The maximum absolute atomic E-state index is 13.8. The number of carbonyl (C=O) groups excluding carboxylic acids is 1. The van der Waals surface area contributed by atoms with Gasteiger partial charge in [0.25, 0.3) is 0 Å². The summed E-state index contributed by atoms with van der Waals surface area (Å²) >= 11 is 0. The highest BCUT2D eigenvalue weighted by molar-refractivity contribution is 7.90. The summed E-state index contributed by atoms with van der Waals surface area (Å²) in [6.45, 7) is 1.77. The molecule has 3 aromatic carbocycles. The van der Waals surface area contributed by atoms with Gasteiger partial charge in [0, 0.05) is 17.1 Å². The second-order valence-electron chi connectivity index (χ2n) is 7.41. The molecule has 0 spiro atoms. The van der Waals surface area contributed by atoms with Crippen LogP contribution in [-0.2, 0) is 26.9 Å². The number of sulfone groups is 1. The maximum Gasteiger partial charge on any atom is 0.244 e. The van der Waals surface area contributed by atoms with Gasteiger partial charge in [0.15, 0.2) is 9.84 Å². The topological polar surface area (TPSA) is 68.2 Å². The van der Waals surface area contributed by atoms with Crippen molar-refractivity contribution in [1.82, 2.24) is 4.57 Å². The van der Waals surface area contributed by atoms with Crippen LogP contribution in [0.25, 0.3) is 10.9 Å². The van der Waals surface area contributed by atoms with Gasteiger partial charge in [0.1, 0.15) is 12.4 Å². The van der Waals surface area contributed by atoms with Crippen LogP contribution in [-0.4, -0.2) is 18.9 Å². The number of anilines is 1. The fraction of sp³-hybridized carbons (Fsp3) is 0.125. The van der Waals surface area contributed by atoms with Crippen molar-refractivity contribution in [3.63, 3.8) is 0 Å². The van der Waals surface area contributed by atoms with Crippen LogP contribution < -0.4 is 5.32 Å². The van der Waals surface area contributed by atoms with Crippen LogP contribution in [0.3, 0.4) is 0 Å². The molecule has 158 valence electrons. The van der Waals surface area contributed by atoms with Crippen molar-refractivity contribution in [3.8, 4) is 0 Å². The van der Waals surface area contributed by atoms with Crippen LogP contribution in [0.5, 0.6) is 0 Å². The zero-order valence-electron chi connectivity index (χ0n) is 16.9. The van der Waals surface area contributed by atoms with Crippen LogP contribution >= 0.6 is 0 Å². The predicted molar refractivity (Wildman–Crippen MR) is 119 cm³/mol. The van der Waals surface area contributed by atoms with Crippen LogP contribution in [0.1, 0.15) is 11.1 Å². The Morgan fingerprint density at radius 1 is 1.00 bits per heavy atom. The Bertz CT molecular complexity index is 1380. The van der Waals surface area contributed by atoms with Gasteiger partial charge in [-0.2, -0.15) is 0 Å². The molecular formula is C24H21FN2O3S. The van der Waals surface area contributed by atoms with Gasteiger partial charge >= 0.3 is 0 Å². The van der Waals surface area contributed by atoms with E-state index in [1.54, 1.807) is 41.0 Å². The lowest BCUT2D eigenvalue weighted by Crippen LogP contribution is -2.19. The standard InChI is InChI=1S/C24H21FN2O3S/c1-17-7-6-8-18(13-17)16-31(29,30)23-14-27(22-12-5-2-9-19(22)23)15-24(28)26-21-11-4-3-10-20(21)25/h2-14H,15-16H2,1H3,(H,26,28). The van der Waals surface area contributed by atoms with Crippen molar-refractivity contribution in [1.29, 1.82) is 0 Å². The molecule has 4 aromatic rings. The van der Waals surface area contributed by atoms with Crippen molar-refractivity contribution in [2.45, 2.75) is 24.1 Å². The number of para-hydroxylation sites is 2. The van der Waals surface area contributed by atoms with E-state index in [1.165, 1.54) is 24.4 Å². The molecule has 4 rings (SSSR count). The summed E-state index contributed by atoms with van der Waals surface area (Å²) in [6, 6.07) is 20.3. The summed E-state index contributed by atoms with van der Waals surface area (Å²) in [5.74, 6) is -1.12. The minimum atomic E-state index is -3.65. The quantitative estimate of drug-likeness (QED) is 0.476. The molecule has 0 saturated carbocycles. The summed E-state index contributed by atoms with van der Waals surface area (Å²) in [6.07, 6.45) is 1.48. The second-order valence-corrected chi connectivity index (χ2v) is 9.37. The molecule has 0 radical (unpaired) electrons. The number of aromatic nitrogens is 1. The van der Waals surface area contributed by atoms with Gasteiger partial charge in [0.2, 0.25) is 5.91 Å². The van der Waals surface area contributed by atoms with Gasteiger partial charge in [-0.3, -0.25) is 4.79 Å². The lowest BCUT2D eigenvalue weighted by Gasteiger charge is -2.08. The zero-order valence-corrected chi connectivity index (χ0v) is 17.7. The Balaban J connectivity index is 1.66. The van der Waals surface area contributed by atoms with Crippen molar-refractivity contribution in [2.75, 3.05) is 5.32 Å². The van der Waals surface area contributed by atoms with E-state index in [0.29, 0.717) is 16.5 Å². The van der Waals surface area contributed by atoms with Gasteiger partial charge in [-0.25, -0.2) is 12.8 Å². The number of benzene rings is 3. The first-order valence-corrected chi connectivity index (χ1v) is 11.4. The molecule has 1 N–H and O–H groups in total. The Hall–Kier alpha value is -3.45. The molecule has 0 aliphatic carbocycles. The second kappa shape index (κ2) is 8.35. The number of hydrogen-bond donors (Lipinski definition) is 1. The Labute approximate surface area is 180 Å². The van der Waals surface area contributed by atoms with E-state index >= 15 is 0 Å². The Kier molecular flexibility index (Phi) is 5.61. The fourth-order valence-corrected chi connectivity index (χ4v) is 5.17. The van der Waals surface area contributed by atoms with Crippen LogP contribution in [0.4, 0.5) is 10.1 Å². The number of carbonyl (C=O) groups is 1. The van der Waals surface area contributed by atoms with E-state index in [0.717, 1.165) is 5.56 Å². The maximum atomic E-state index is 13.8. The fourth-order valence-electron chi connectivity index (χ4n) is 3.60. The lowest BCUT2D eigenvalue weighted by atomic mass is 10.2. The van der Waals surface area contributed by atoms with E-state index in [-0.39, 0.29) is 22.9 Å².